The number of aromatic nitrogens is 1. The molecule has 2 aromatic heterocycles. The van der Waals surface area contributed by atoms with Crippen LogP contribution in [0.4, 0.5) is 0 Å². The highest BCUT2D eigenvalue weighted by molar-refractivity contribution is 8.02. The lowest BCUT2D eigenvalue weighted by Gasteiger charge is -2.20. The zero-order valence-corrected chi connectivity index (χ0v) is 16.8. The Bertz CT molecular complexity index is 1110. The topological polar surface area (TPSA) is 53.8 Å². The lowest BCUT2D eigenvalue weighted by molar-refractivity contribution is 0.104. The number of rotatable bonds is 5. The van der Waals surface area contributed by atoms with Crippen molar-refractivity contribution in [3.05, 3.63) is 82.0 Å². The highest BCUT2D eigenvalue weighted by Gasteiger charge is 2.30. The summed E-state index contributed by atoms with van der Waals surface area (Å²) in [6, 6.07) is 21.4. The third kappa shape index (κ3) is 3.54. The largest absolute Gasteiger partial charge is 0.288 e. The molecule has 2 aromatic carbocycles. The molecule has 0 aliphatic rings. The lowest BCUT2D eigenvalue weighted by Crippen LogP contribution is -2.14. The Balaban J connectivity index is 1.61. The Morgan fingerprint density at radius 3 is 2.56 bits per heavy atom. The molecule has 1 unspecified atom stereocenters. The second-order valence-electron chi connectivity index (χ2n) is 6.08. The minimum absolute atomic E-state index is 0.00837. The summed E-state index contributed by atoms with van der Waals surface area (Å²) in [4.78, 5) is 17.8. The fourth-order valence-corrected chi connectivity index (χ4v) is 5.82. The number of hydrogen-bond donors (Lipinski definition) is 0. The Morgan fingerprint density at radius 2 is 1.89 bits per heavy atom. The Hall–Kier alpha value is -2.46. The number of benzene rings is 2. The normalized spacial score (nSPS) is 13.2. The van der Waals surface area contributed by atoms with Crippen molar-refractivity contribution in [2.24, 2.45) is 0 Å². The van der Waals surface area contributed by atoms with E-state index < -0.39 is 4.75 Å². The summed E-state index contributed by atoms with van der Waals surface area (Å²) in [7, 11) is 0. The van der Waals surface area contributed by atoms with E-state index in [-0.39, 0.29) is 5.78 Å². The van der Waals surface area contributed by atoms with Gasteiger partial charge in [-0.25, -0.2) is 4.98 Å². The van der Waals surface area contributed by atoms with Gasteiger partial charge in [0.1, 0.15) is 4.75 Å². The van der Waals surface area contributed by atoms with Gasteiger partial charge in [0.15, 0.2) is 4.34 Å². The van der Waals surface area contributed by atoms with Crippen LogP contribution in [-0.2, 0) is 4.75 Å². The third-order valence-corrected chi connectivity index (χ3v) is 7.42. The monoisotopic (exact) mass is 406 g/mol. The number of nitrogens with zero attached hydrogens (tertiary/aromatic N) is 2. The van der Waals surface area contributed by atoms with Gasteiger partial charge in [-0.05, 0) is 36.1 Å². The first kappa shape index (κ1) is 17.9. The molecule has 4 rings (SSSR count). The highest BCUT2D eigenvalue weighted by Crippen LogP contribution is 2.43. The minimum Gasteiger partial charge on any atom is -0.288 e. The maximum Gasteiger partial charge on any atom is 0.202 e. The Labute approximate surface area is 169 Å². The average molecular weight is 407 g/mol. The van der Waals surface area contributed by atoms with E-state index in [9.17, 15) is 10.1 Å². The summed E-state index contributed by atoms with van der Waals surface area (Å²) in [6.07, 6.45) is 0. The molecule has 0 radical (unpaired) electrons. The predicted molar refractivity (Wildman–Crippen MR) is 113 cm³/mol. The molecule has 132 valence electrons. The van der Waals surface area contributed by atoms with Gasteiger partial charge in [0.05, 0.1) is 21.2 Å². The molecule has 2 heterocycles. The van der Waals surface area contributed by atoms with Gasteiger partial charge in [-0.2, -0.15) is 5.26 Å². The standard InChI is InChI=1S/C21H14N2OS3/c1-21(13-22,27-20-23-16-5-2-3-6-17(16)26-20)15-10-8-14(9-11-15)19(24)18-7-4-12-25-18/h2-12H,1H3. The highest BCUT2D eigenvalue weighted by atomic mass is 32.2. The molecule has 27 heavy (non-hydrogen) atoms. The number of carbonyl (C=O) groups excluding carboxylic acids is 1. The van der Waals surface area contributed by atoms with Crippen LogP contribution in [0.2, 0.25) is 0 Å². The van der Waals surface area contributed by atoms with Crippen molar-refractivity contribution < 1.29 is 4.79 Å². The van der Waals surface area contributed by atoms with Gasteiger partial charge >= 0.3 is 0 Å². The number of nitriles is 1. The van der Waals surface area contributed by atoms with E-state index in [1.165, 1.54) is 23.1 Å². The molecule has 6 heteroatoms. The first-order valence-corrected chi connectivity index (χ1v) is 10.7. The van der Waals surface area contributed by atoms with Crippen molar-refractivity contribution in [3.63, 3.8) is 0 Å². The summed E-state index contributed by atoms with van der Waals surface area (Å²) in [5.41, 5.74) is 2.44. The van der Waals surface area contributed by atoms with E-state index >= 15 is 0 Å². The fourth-order valence-electron chi connectivity index (χ4n) is 2.71. The molecule has 0 aliphatic carbocycles. The van der Waals surface area contributed by atoms with E-state index in [1.807, 2.05) is 60.8 Å². The number of thiophene rings is 1. The van der Waals surface area contributed by atoms with Crippen LogP contribution in [0.25, 0.3) is 10.2 Å². The van der Waals surface area contributed by atoms with Crippen LogP contribution in [0.3, 0.4) is 0 Å². The van der Waals surface area contributed by atoms with E-state index in [2.05, 4.69) is 11.1 Å². The van der Waals surface area contributed by atoms with Crippen LogP contribution >= 0.6 is 34.4 Å². The molecule has 3 nitrogen and oxygen atoms in total. The molecule has 4 aromatic rings. The van der Waals surface area contributed by atoms with Gasteiger partial charge in [-0.3, -0.25) is 4.79 Å². The first-order chi connectivity index (χ1) is 13.1. The van der Waals surface area contributed by atoms with Crippen LogP contribution in [0.15, 0.2) is 70.4 Å². The van der Waals surface area contributed by atoms with Gasteiger partial charge in [-0.15, -0.1) is 22.7 Å². The molecule has 0 spiro atoms. The Kier molecular flexibility index (Phi) is 4.83. The second-order valence-corrected chi connectivity index (χ2v) is 9.72. The van der Waals surface area contributed by atoms with E-state index in [0.29, 0.717) is 5.56 Å². The average Bonchev–Trinajstić information content (AvgIpc) is 3.36. The molecule has 0 bridgehead atoms. The van der Waals surface area contributed by atoms with Gasteiger partial charge in [0.2, 0.25) is 5.78 Å². The molecular weight excluding hydrogens is 392 g/mol. The van der Waals surface area contributed by atoms with Crippen molar-refractivity contribution in [3.8, 4) is 6.07 Å². The van der Waals surface area contributed by atoms with E-state index in [0.717, 1.165) is 25.0 Å². The summed E-state index contributed by atoms with van der Waals surface area (Å²) in [6.45, 7) is 1.89. The number of carbonyl (C=O) groups is 1. The molecule has 0 saturated heterocycles. The second kappa shape index (κ2) is 7.28. The smallest absolute Gasteiger partial charge is 0.202 e. The van der Waals surface area contributed by atoms with E-state index in [1.54, 1.807) is 23.5 Å². The summed E-state index contributed by atoms with van der Waals surface area (Å²) in [5, 5.41) is 11.7. The first-order valence-electron chi connectivity index (χ1n) is 8.24. The van der Waals surface area contributed by atoms with Gasteiger partial charge in [-0.1, -0.05) is 54.2 Å². The summed E-state index contributed by atoms with van der Waals surface area (Å²) >= 11 is 4.46. The van der Waals surface area contributed by atoms with Crippen LogP contribution in [-0.4, -0.2) is 10.8 Å². The zero-order chi connectivity index (χ0) is 18.9. The third-order valence-electron chi connectivity index (χ3n) is 4.22. The maximum absolute atomic E-state index is 12.5. The van der Waals surface area contributed by atoms with Crippen LogP contribution in [0.5, 0.6) is 0 Å². The zero-order valence-electron chi connectivity index (χ0n) is 14.4. The van der Waals surface area contributed by atoms with Crippen molar-refractivity contribution in [1.29, 1.82) is 5.26 Å². The number of fused-ring (bicyclic) bond motifs is 1. The van der Waals surface area contributed by atoms with Crippen molar-refractivity contribution in [2.45, 2.75) is 16.0 Å². The van der Waals surface area contributed by atoms with Gasteiger partial charge in [0.25, 0.3) is 0 Å². The molecule has 0 fully saturated rings. The SMILES string of the molecule is CC(C#N)(Sc1nc2ccccc2s1)c1ccc(C(=O)c2cccs2)cc1. The van der Waals surface area contributed by atoms with Crippen molar-refractivity contribution in [2.75, 3.05) is 0 Å². The fraction of sp³-hybridized carbons (Fsp3) is 0.0952. The molecule has 0 aliphatic heterocycles. The summed E-state index contributed by atoms with van der Waals surface area (Å²) < 4.78 is 1.19. The molecule has 1 atom stereocenters. The van der Waals surface area contributed by atoms with Crippen LogP contribution < -0.4 is 0 Å². The lowest BCUT2D eigenvalue weighted by atomic mass is 9.99. The maximum atomic E-state index is 12.5. The van der Waals surface area contributed by atoms with Crippen molar-refractivity contribution in [1.82, 2.24) is 4.98 Å². The van der Waals surface area contributed by atoms with Crippen molar-refractivity contribution >= 4 is 50.4 Å². The quantitative estimate of drug-likeness (QED) is 0.296. The molecular formula is C21H14N2OS3. The predicted octanol–water partition coefficient (Wildman–Crippen LogP) is 6.12. The number of thiazole rings is 1. The number of thioether (sulfide) groups is 1. The van der Waals surface area contributed by atoms with Crippen LogP contribution in [0, 0.1) is 11.3 Å². The summed E-state index contributed by atoms with van der Waals surface area (Å²) in [5.74, 6) is 0.00837. The van der Waals surface area contributed by atoms with Crippen LogP contribution in [0.1, 0.15) is 27.7 Å². The van der Waals surface area contributed by atoms with Gasteiger partial charge < -0.3 is 0 Å². The number of hydrogen-bond acceptors (Lipinski definition) is 6. The molecule has 0 amide bonds. The van der Waals surface area contributed by atoms with E-state index in [4.69, 9.17) is 0 Å². The number of ketones is 1. The Morgan fingerprint density at radius 1 is 1.11 bits per heavy atom. The molecule has 0 saturated carbocycles. The van der Waals surface area contributed by atoms with Gasteiger partial charge in [0, 0.05) is 5.56 Å². The minimum atomic E-state index is -0.779. The number of para-hydroxylation sites is 1. The molecule has 0 N–H and O–H groups in total.